The van der Waals surface area contributed by atoms with Crippen LogP contribution in [0.25, 0.3) is 10.9 Å². The molecule has 104 valence electrons. The number of thiazole rings is 1. The van der Waals surface area contributed by atoms with Gasteiger partial charge in [0, 0.05) is 29.3 Å². The number of rotatable bonds is 6. The van der Waals surface area contributed by atoms with E-state index < -0.39 is 0 Å². The highest BCUT2D eigenvalue weighted by atomic mass is 32.1. The van der Waals surface area contributed by atoms with Gasteiger partial charge in [-0.3, -0.25) is 4.98 Å². The largest absolute Gasteiger partial charge is 0.342 e. The van der Waals surface area contributed by atoms with E-state index in [9.17, 15) is 0 Å². The van der Waals surface area contributed by atoms with Gasteiger partial charge in [-0.25, -0.2) is 0 Å². The van der Waals surface area contributed by atoms with Gasteiger partial charge in [-0.2, -0.15) is 0 Å². The van der Waals surface area contributed by atoms with E-state index in [1.54, 1.807) is 11.3 Å². The lowest BCUT2D eigenvalue weighted by Gasteiger charge is -2.07. The average Bonchev–Trinajstić information content (AvgIpc) is 3.10. The summed E-state index contributed by atoms with van der Waals surface area (Å²) in [5, 5.41) is 4.76. The molecule has 0 aliphatic rings. The standard InChI is InChI=1S/C16H19N3S/c1-2-6-17-9-13-3-4-14-5-7-19(16(14)8-13)11-15-10-18-12-20-15/h3-5,7-8,10,12,17H,2,6,9,11H2,1H3. The van der Waals surface area contributed by atoms with Crippen LogP contribution in [0.3, 0.4) is 0 Å². The summed E-state index contributed by atoms with van der Waals surface area (Å²) in [6, 6.07) is 8.89. The fraction of sp³-hybridized carbons (Fsp3) is 0.312. The maximum absolute atomic E-state index is 4.15. The minimum absolute atomic E-state index is 0.903. The van der Waals surface area contributed by atoms with Crippen LogP contribution in [0.4, 0.5) is 0 Å². The van der Waals surface area contributed by atoms with E-state index in [1.807, 2.05) is 11.7 Å². The van der Waals surface area contributed by atoms with Crippen molar-refractivity contribution in [2.75, 3.05) is 6.54 Å². The first-order chi connectivity index (χ1) is 9.86. The number of benzene rings is 1. The van der Waals surface area contributed by atoms with E-state index in [4.69, 9.17) is 0 Å². The SMILES string of the molecule is CCCNCc1ccc2ccn(Cc3cncs3)c2c1. The summed E-state index contributed by atoms with van der Waals surface area (Å²) in [6.07, 6.45) is 5.28. The molecule has 0 saturated heterocycles. The van der Waals surface area contributed by atoms with Gasteiger partial charge in [0.1, 0.15) is 0 Å². The predicted molar refractivity (Wildman–Crippen MR) is 85.2 cm³/mol. The molecule has 0 aliphatic carbocycles. The molecule has 2 aromatic heterocycles. The van der Waals surface area contributed by atoms with Gasteiger partial charge in [0.15, 0.2) is 0 Å². The molecule has 3 rings (SSSR count). The third-order valence-corrected chi connectivity index (χ3v) is 4.17. The quantitative estimate of drug-likeness (QED) is 0.701. The van der Waals surface area contributed by atoms with Gasteiger partial charge in [0.2, 0.25) is 0 Å². The molecule has 0 radical (unpaired) electrons. The Morgan fingerprint density at radius 2 is 2.25 bits per heavy atom. The molecule has 0 fully saturated rings. The molecule has 0 bridgehead atoms. The molecule has 20 heavy (non-hydrogen) atoms. The zero-order valence-electron chi connectivity index (χ0n) is 11.7. The van der Waals surface area contributed by atoms with Gasteiger partial charge in [-0.05, 0) is 36.0 Å². The van der Waals surface area contributed by atoms with Gasteiger partial charge >= 0.3 is 0 Å². The summed E-state index contributed by atoms with van der Waals surface area (Å²) in [5.41, 5.74) is 4.53. The Bertz CT molecular complexity index is 670. The Morgan fingerprint density at radius 1 is 1.30 bits per heavy atom. The number of nitrogens with one attached hydrogen (secondary N) is 1. The molecule has 1 aromatic carbocycles. The van der Waals surface area contributed by atoms with Crippen molar-refractivity contribution in [3.8, 4) is 0 Å². The van der Waals surface area contributed by atoms with Crippen molar-refractivity contribution in [1.29, 1.82) is 0 Å². The van der Waals surface area contributed by atoms with E-state index in [0.29, 0.717) is 0 Å². The minimum atomic E-state index is 0.903. The van der Waals surface area contributed by atoms with Gasteiger partial charge < -0.3 is 9.88 Å². The Labute approximate surface area is 123 Å². The van der Waals surface area contributed by atoms with Crippen molar-refractivity contribution in [1.82, 2.24) is 14.9 Å². The zero-order valence-corrected chi connectivity index (χ0v) is 12.5. The second kappa shape index (κ2) is 6.20. The van der Waals surface area contributed by atoms with Crippen LogP contribution in [0.2, 0.25) is 0 Å². The second-order valence-corrected chi connectivity index (χ2v) is 5.95. The molecular formula is C16H19N3S. The van der Waals surface area contributed by atoms with Crippen molar-refractivity contribution < 1.29 is 0 Å². The van der Waals surface area contributed by atoms with Crippen LogP contribution in [-0.4, -0.2) is 16.1 Å². The molecule has 4 heteroatoms. The fourth-order valence-corrected chi connectivity index (χ4v) is 2.97. The molecule has 0 unspecified atom stereocenters. The van der Waals surface area contributed by atoms with Gasteiger partial charge in [0.25, 0.3) is 0 Å². The maximum atomic E-state index is 4.15. The smallest absolute Gasteiger partial charge is 0.0794 e. The summed E-state index contributed by atoms with van der Waals surface area (Å²) in [6.45, 7) is 5.10. The first kappa shape index (κ1) is 13.3. The van der Waals surface area contributed by atoms with E-state index in [2.05, 4.69) is 52.3 Å². The van der Waals surface area contributed by atoms with Crippen LogP contribution in [0.1, 0.15) is 23.8 Å². The lowest BCUT2D eigenvalue weighted by atomic mass is 10.1. The van der Waals surface area contributed by atoms with Crippen LogP contribution in [-0.2, 0) is 13.1 Å². The van der Waals surface area contributed by atoms with Crippen LogP contribution in [0.15, 0.2) is 42.2 Å². The molecular weight excluding hydrogens is 266 g/mol. The summed E-state index contributed by atoms with van der Waals surface area (Å²) >= 11 is 1.71. The Balaban J connectivity index is 1.83. The van der Waals surface area contributed by atoms with Crippen molar-refractivity contribution in [3.63, 3.8) is 0 Å². The maximum Gasteiger partial charge on any atom is 0.0794 e. The number of aromatic nitrogens is 2. The zero-order chi connectivity index (χ0) is 13.8. The Kier molecular flexibility index (Phi) is 4.14. The lowest BCUT2D eigenvalue weighted by molar-refractivity contribution is 0.675. The molecule has 0 aliphatic heterocycles. The molecule has 3 nitrogen and oxygen atoms in total. The van der Waals surface area contributed by atoms with Gasteiger partial charge in [-0.1, -0.05) is 19.1 Å². The van der Waals surface area contributed by atoms with E-state index in [1.165, 1.54) is 27.8 Å². The monoisotopic (exact) mass is 285 g/mol. The van der Waals surface area contributed by atoms with Crippen LogP contribution < -0.4 is 5.32 Å². The average molecular weight is 285 g/mol. The first-order valence-electron chi connectivity index (χ1n) is 7.02. The summed E-state index contributed by atoms with van der Waals surface area (Å²) in [5.74, 6) is 0. The molecule has 1 N–H and O–H groups in total. The molecule has 2 heterocycles. The molecule has 0 spiro atoms. The molecule has 0 amide bonds. The second-order valence-electron chi connectivity index (χ2n) is 4.98. The van der Waals surface area contributed by atoms with Crippen LogP contribution in [0.5, 0.6) is 0 Å². The van der Waals surface area contributed by atoms with Crippen LogP contribution >= 0.6 is 11.3 Å². The summed E-state index contributed by atoms with van der Waals surface area (Å²) in [7, 11) is 0. The van der Waals surface area contributed by atoms with Crippen molar-refractivity contribution in [2.45, 2.75) is 26.4 Å². The third-order valence-electron chi connectivity index (χ3n) is 3.40. The fourth-order valence-electron chi connectivity index (χ4n) is 2.37. The van der Waals surface area contributed by atoms with E-state index in [-0.39, 0.29) is 0 Å². The number of fused-ring (bicyclic) bond motifs is 1. The van der Waals surface area contributed by atoms with Gasteiger partial charge in [-0.15, -0.1) is 11.3 Å². The number of nitrogens with zero attached hydrogens (tertiary/aromatic N) is 2. The van der Waals surface area contributed by atoms with E-state index >= 15 is 0 Å². The van der Waals surface area contributed by atoms with E-state index in [0.717, 1.165) is 19.6 Å². The molecule has 0 saturated carbocycles. The van der Waals surface area contributed by atoms with Crippen molar-refractivity contribution >= 4 is 22.2 Å². The normalized spacial score (nSPS) is 11.2. The highest BCUT2D eigenvalue weighted by molar-refractivity contribution is 7.09. The van der Waals surface area contributed by atoms with Gasteiger partial charge in [0.05, 0.1) is 12.1 Å². The predicted octanol–water partition coefficient (Wildman–Crippen LogP) is 3.65. The summed E-state index contributed by atoms with van der Waals surface area (Å²) < 4.78 is 2.30. The first-order valence-corrected chi connectivity index (χ1v) is 7.90. The van der Waals surface area contributed by atoms with Crippen molar-refractivity contribution in [3.05, 3.63) is 52.6 Å². The number of hydrogen-bond donors (Lipinski definition) is 1. The third kappa shape index (κ3) is 2.92. The number of hydrogen-bond acceptors (Lipinski definition) is 3. The summed E-state index contributed by atoms with van der Waals surface area (Å²) in [4.78, 5) is 5.43. The highest BCUT2D eigenvalue weighted by Gasteiger charge is 2.04. The molecule has 3 aromatic rings. The molecule has 0 atom stereocenters. The van der Waals surface area contributed by atoms with Crippen molar-refractivity contribution in [2.24, 2.45) is 0 Å². The minimum Gasteiger partial charge on any atom is -0.342 e. The lowest BCUT2D eigenvalue weighted by Crippen LogP contribution is -2.13. The Hall–Kier alpha value is -1.65. The Morgan fingerprint density at radius 3 is 3.05 bits per heavy atom. The highest BCUT2D eigenvalue weighted by Crippen LogP contribution is 2.20. The topological polar surface area (TPSA) is 29.9 Å². The van der Waals surface area contributed by atoms with Crippen LogP contribution in [0, 0.1) is 0 Å².